The summed E-state index contributed by atoms with van der Waals surface area (Å²) in [5.74, 6) is 0. The Balaban J connectivity index is 2.06. The van der Waals surface area contributed by atoms with Crippen LogP contribution in [0.15, 0.2) is 42.5 Å². The molecule has 3 heteroatoms. The Morgan fingerprint density at radius 3 is 2.64 bits per heavy atom. The summed E-state index contributed by atoms with van der Waals surface area (Å²) < 4.78 is 1.27. The van der Waals surface area contributed by atoms with Gasteiger partial charge in [-0.05, 0) is 102 Å². The quantitative estimate of drug-likeness (QED) is 0.320. The second-order valence-corrected chi connectivity index (χ2v) is 7.96. The Morgan fingerprint density at radius 1 is 1.00 bits per heavy atom. The number of rotatable bonds is 8. The topological polar surface area (TPSA) is 41.8 Å². The van der Waals surface area contributed by atoms with Crippen LogP contribution in [0.25, 0.3) is 22.2 Å². The molecule has 0 saturated carbocycles. The van der Waals surface area contributed by atoms with Gasteiger partial charge in [0.05, 0.1) is 0 Å². The molecule has 0 radical (unpaired) electrons. The number of nitrogens with two attached hydrogens (primary N) is 1. The summed E-state index contributed by atoms with van der Waals surface area (Å²) in [4.78, 5) is 3.68. The molecule has 0 atom stereocenters. The highest BCUT2D eigenvalue weighted by Gasteiger charge is 2.14. The van der Waals surface area contributed by atoms with E-state index in [0.29, 0.717) is 0 Å². The van der Waals surface area contributed by atoms with E-state index in [1.807, 2.05) is 0 Å². The highest BCUT2D eigenvalue weighted by molar-refractivity contribution is 14.1. The normalized spacial score (nSPS) is 11.3. The molecule has 0 amide bonds. The minimum absolute atomic E-state index is 0.767. The van der Waals surface area contributed by atoms with E-state index in [4.69, 9.17) is 5.73 Å². The lowest BCUT2D eigenvalue weighted by atomic mass is 9.98. The van der Waals surface area contributed by atoms with Crippen molar-refractivity contribution < 1.29 is 0 Å². The average molecular weight is 446 g/mol. The highest BCUT2D eigenvalue weighted by atomic mass is 127. The zero-order valence-electron chi connectivity index (χ0n) is 14.9. The van der Waals surface area contributed by atoms with Crippen LogP contribution in [0.2, 0.25) is 0 Å². The first kappa shape index (κ1) is 18.5. The maximum absolute atomic E-state index is 5.72. The number of fused-ring (bicyclic) bond motifs is 1. The molecule has 0 fully saturated rings. The van der Waals surface area contributed by atoms with Crippen molar-refractivity contribution in [3.05, 3.63) is 57.2 Å². The summed E-state index contributed by atoms with van der Waals surface area (Å²) in [6, 6.07) is 15.7. The summed E-state index contributed by atoms with van der Waals surface area (Å²) in [7, 11) is 0. The molecular weight excluding hydrogens is 419 g/mol. The van der Waals surface area contributed by atoms with Crippen LogP contribution in [0.3, 0.4) is 0 Å². The summed E-state index contributed by atoms with van der Waals surface area (Å²) >= 11 is 2.39. The smallest absolute Gasteiger partial charge is 0.0497 e. The van der Waals surface area contributed by atoms with Crippen LogP contribution in [-0.4, -0.2) is 11.5 Å². The molecule has 25 heavy (non-hydrogen) atoms. The molecule has 0 aliphatic heterocycles. The monoisotopic (exact) mass is 446 g/mol. The number of nitrogens with one attached hydrogen (secondary N) is 1. The van der Waals surface area contributed by atoms with Crippen LogP contribution in [0.4, 0.5) is 0 Å². The van der Waals surface area contributed by atoms with Gasteiger partial charge in [0.15, 0.2) is 0 Å². The fourth-order valence-electron chi connectivity index (χ4n) is 3.43. The predicted molar refractivity (Wildman–Crippen MR) is 117 cm³/mol. The third-order valence-electron chi connectivity index (χ3n) is 4.78. The molecule has 0 aliphatic rings. The second kappa shape index (κ2) is 8.86. The van der Waals surface area contributed by atoms with E-state index < -0.39 is 0 Å². The molecule has 2 aromatic carbocycles. The van der Waals surface area contributed by atoms with Gasteiger partial charge in [0.25, 0.3) is 0 Å². The van der Waals surface area contributed by atoms with Crippen LogP contribution < -0.4 is 5.73 Å². The largest absolute Gasteiger partial charge is 0.354 e. The molecule has 3 rings (SSSR count). The molecule has 0 bridgehead atoms. The molecule has 2 nitrogen and oxygen atoms in total. The third kappa shape index (κ3) is 4.45. The summed E-state index contributed by atoms with van der Waals surface area (Å²) in [5.41, 5.74) is 12.4. The summed E-state index contributed by atoms with van der Waals surface area (Å²) in [6.07, 6.45) is 6.95. The van der Waals surface area contributed by atoms with Crippen molar-refractivity contribution in [1.29, 1.82) is 0 Å². The molecule has 0 unspecified atom stereocenters. The zero-order chi connectivity index (χ0) is 17.6. The van der Waals surface area contributed by atoms with Crippen LogP contribution in [0, 0.1) is 3.57 Å². The van der Waals surface area contributed by atoms with Crippen molar-refractivity contribution in [2.24, 2.45) is 5.73 Å². The van der Waals surface area contributed by atoms with Gasteiger partial charge in [-0.15, -0.1) is 0 Å². The molecule has 3 N–H and O–H groups in total. The molecular formula is C22H27IN2. The first-order chi connectivity index (χ1) is 12.2. The van der Waals surface area contributed by atoms with Crippen molar-refractivity contribution in [1.82, 2.24) is 4.98 Å². The van der Waals surface area contributed by atoms with Gasteiger partial charge in [0.1, 0.15) is 0 Å². The third-order valence-corrected chi connectivity index (χ3v) is 5.45. The standard InChI is InChI=1S/C22H27IN2/c1-2-3-7-16-11-12-21-20(14-16)19(10-4-5-13-24)22(25-21)17-8-6-9-18(23)15-17/h6,8-9,11-12,14-15,25H,2-5,7,10,13,24H2,1H3. The van der Waals surface area contributed by atoms with Gasteiger partial charge in [-0.2, -0.15) is 0 Å². The van der Waals surface area contributed by atoms with E-state index >= 15 is 0 Å². The van der Waals surface area contributed by atoms with Gasteiger partial charge in [-0.25, -0.2) is 0 Å². The molecule has 0 aliphatic carbocycles. The van der Waals surface area contributed by atoms with Crippen molar-refractivity contribution in [3.8, 4) is 11.3 Å². The second-order valence-electron chi connectivity index (χ2n) is 6.72. The van der Waals surface area contributed by atoms with E-state index in [-0.39, 0.29) is 0 Å². The van der Waals surface area contributed by atoms with E-state index in [9.17, 15) is 0 Å². The van der Waals surface area contributed by atoms with Gasteiger partial charge < -0.3 is 10.7 Å². The average Bonchev–Trinajstić information content (AvgIpc) is 2.98. The number of hydrogen-bond donors (Lipinski definition) is 2. The Kier molecular flexibility index (Phi) is 6.54. The van der Waals surface area contributed by atoms with E-state index in [2.05, 4.69) is 77.0 Å². The molecule has 0 saturated heterocycles. The van der Waals surface area contributed by atoms with Crippen molar-refractivity contribution >= 4 is 33.5 Å². The predicted octanol–water partition coefficient (Wildman–Crippen LogP) is 6.06. The SMILES string of the molecule is CCCCc1ccc2[nH]c(-c3cccc(I)c3)c(CCCCN)c2c1. The zero-order valence-corrected chi connectivity index (χ0v) is 17.1. The number of aromatic amines is 1. The van der Waals surface area contributed by atoms with Gasteiger partial charge in [0, 0.05) is 20.2 Å². The number of benzene rings is 2. The van der Waals surface area contributed by atoms with Crippen molar-refractivity contribution in [2.75, 3.05) is 6.54 Å². The number of aromatic nitrogens is 1. The van der Waals surface area contributed by atoms with Gasteiger partial charge in [-0.3, -0.25) is 0 Å². The fourth-order valence-corrected chi connectivity index (χ4v) is 3.97. The number of unbranched alkanes of at least 4 members (excludes halogenated alkanes) is 2. The molecule has 3 aromatic rings. The molecule has 0 spiro atoms. The van der Waals surface area contributed by atoms with E-state index in [1.54, 1.807) is 0 Å². The maximum Gasteiger partial charge on any atom is 0.0497 e. The first-order valence-corrected chi connectivity index (χ1v) is 10.4. The lowest BCUT2D eigenvalue weighted by Gasteiger charge is -2.06. The number of aryl methyl sites for hydroxylation is 2. The van der Waals surface area contributed by atoms with E-state index in [0.717, 1.165) is 25.8 Å². The van der Waals surface area contributed by atoms with Crippen LogP contribution in [0.1, 0.15) is 43.7 Å². The van der Waals surface area contributed by atoms with Gasteiger partial charge in [0.2, 0.25) is 0 Å². The van der Waals surface area contributed by atoms with Crippen LogP contribution in [0.5, 0.6) is 0 Å². The minimum atomic E-state index is 0.767. The Morgan fingerprint density at radius 2 is 1.88 bits per heavy atom. The molecule has 1 heterocycles. The molecule has 132 valence electrons. The minimum Gasteiger partial charge on any atom is -0.354 e. The lowest BCUT2D eigenvalue weighted by Crippen LogP contribution is -1.99. The van der Waals surface area contributed by atoms with Crippen LogP contribution >= 0.6 is 22.6 Å². The number of hydrogen-bond acceptors (Lipinski definition) is 1. The maximum atomic E-state index is 5.72. The summed E-state index contributed by atoms with van der Waals surface area (Å²) in [5, 5.41) is 1.39. The number of halogens is 1. The highest BCUT2D eigenvalue weighted by Crippen LogP contribution is 2.33. The van der Waals surface area contributed by atoms with Gasteiger partial charge in [-0.1, -0.05) is 31.5 Å². The Hall–Kier alpha value is -1.33. The Labute approximate surface area is 164 Å². The van der Waals surface area contributed by atoms with Crippen molar-refractivity contribution in [2.45, 2.75) is 45.4 Å². The lowest BCUT2D eigenvalue weighted by molar-refractivity contribution is 0.748. The van der Waals surface area contributed by atoms with Crippen LogP contribution in [-0.2, 0) is 12.8 Å². The van der Waals surface area contributed by atoms with Gasteiger partial charge >= 0.3 is 0 Å². The first-order valence-electron chi connectivity index (χ1n) is 9.32. The number of H-pyrrole nitrogens is 1. The summed E-state index contributed by atoms with van der Waals surface area (Å²) in [6.45, 7) is 3.02. The Bertz CT molecular complexity index is 835. The fraction of sp³-hybridized carbons (Fsp3) is 0.364. The van der Waals surface area contributed by atoms with E-state index in [1.165, 1.54) is 56.1 Å². The van der Waals surface area contributed by atoms with Crippen molar-refractivity contribution in [3.63, 3.8) is 0 Å². The molecule has 1 aromatic heterocycles.